The van der Waals surface area contributed by atoms with Crippen molar-refractivity contribution in [3.63, 3.8) is 0 Å². The number of carbonyl (C=O) groups is 1. The summed E-state index contributed by atoms with van der Waals surface area (Å²) in [6.07, 6.45) is 1.88. The van der Waals surface area contributed by atoms with E-state index in [0.717, 1.165) is 23.0 Å². The Labute approximate surface area is 101 Å². The largest absolute Gasteiger partial charge is 0.361 e. The standard InChI is InChI=1S/C13H17N3O/c1-14-7-8-16(2)13(17)11-4-3-10-5-6-15-12(10)9-11/h3-6,9,14-15H,7-8H2,1-2H3. The van der Waals surface area contributed by atoms with Crippen LogP contribution in [0.1, 0.15) is 10.4 Å². The molecule has 90 valence electrons. The lowest BCUT2D eigenvalue weighted by Gasteiger charge is -2.16. The minimum Gasteiger partial charge on any atom is -0.361 e. The third kappa shape index (κ3) is 2.47. The van der Waals surface area contributed by atoms with E-state index < -0.39 is 0 Å². The van der Waals surface area contributed by atoms with Gasteiger partial charge in [-0.3, -0.25) is 4.79 Å². The van der Waals surface area contributed by atoms with Crippen molar-refractivity contribution in [3.8, 4) is 0 Å². The zero-order valence-electron chi connectivity index (χ0n) is 10.2. The molecule has 0 unspecified atom stereocenters. The lowest BCUT2D eigenvalue weighted by molar-refractivity contribution is 0.0797. The quantitative estimate of drug-likeness (QED) is 0.837. The van der Waals surface area contributed by atoms with Crippen molar-refractivity contribution in [1.29, 1.82) is 0 Å². The molecule has 0 fully saturated rings. The van der Waals surface area contributed by atoms with Crippen molar-refractivity contribution < 1.29 is 4.79 Å². The van der Waals surface area contributed by atoms with Crippen LogP contribution >= 0.6 is 0 Å². The summed E-state index contributed by atoms with van der Waals surface area (Å²) in [6, 6.07) is 7.72. The zero-order chi connectivity index (χ0) is 12.3. The van der Waals surface area contributed by atoms with Crippen LogP contribution in [0.4, 0.5) is 0 Å². The molecule has 2 rings (SSSR count). The molecular weight excluding hydrogens is 214 g/mol. The maximum Gasteiger partial charge on any atom is 0.253 e. The average molecular weight is 231 g/mol. The van der Waals surface area contributed by atoms with Gasteiger partial charge in [-0.1, -0.05) is 6.07 Å². The van der Waals surface area contributed by atoms with E-state index in [9.17, 15) is 4.79 Å². The fourth-order valence-corrected chi connectivity index (χ4v) is 1.78. The van der Waals surface area contributed by atoms with E-state index in [1.54, 1.807) is 4.90 Å². The van der Waals surface area contributed by atoms with E-state index in [4.69, 9.17) is 0 Å². The highest BCUT2D eigenvalue weighted by Gasteiger charge is 2.11. The Morgan fingerprint density at radius 1 is 1.41 bits per heavy atom. The Morgan fingerprint density at radius 2 is 2.24 bits per heavy atom. The fraction of sp³-hybridized carbons (Fsp3) is 0.308. The molecule has 0 spiro atoms. The summed E-state index contributed by atoms with van der Waals surface area (Å²) in [5.41, 5.74) is 1.72. The van der Waals surface area contributed by atoms with Gasteiger partial charge in [0.15, 0.2) is 0 Å². The average Bonchev–Trinajstić information content (AvgIpc) is 2.81. The first-order valence-electron chi connectivity index (χ1n) is 5.69. The highest BCUT2D eigenvalue weighted by molar-refractivity contribution is 5.97. The monoisotopic (exact) mass is 231 g/mol. The van der Waals surface area contributed by atoms with Crippen molar-refractivity contribution in [2.75, 3.05) is 27.2 Å². The van der Waals surface area contributed by atoms with Crippen molar-refractivity contribution in [1.82, 2.24) is 15.2 Å². The molecule has 0 radical (unpaired) electrons. The van der Waals surface area contributed by atoms with Crippen LogP contribution in [0.2, 0.25) is 0 Å². The van der Waals surface area contributed by atoms with Gasteiger partial charge in [0.05, 0.1) is 0 Å². The number of likely N-dealkylation sites (N-methyl/N-ethyl adjacent to an activating group) is 2. The number of nitrogens with zero attached hydrogens (tertiary/aromatic N) is 1. The summed E-state index contributed by atoms with van der Waals surface area (Å²) in [4.78, 5) is 16.9. The lowest BCUT2D eigenvalue weighted by Crippen LogP contribution is -2.32. The maximum absolute atomic E-state index is 12.1. The molecule has 4 nitrogen and oxygen atoms in total. The van der Waals surface area contributed by atoms with Crippen LogP contribution in [0.15, 0.2) is 30.5 Å². The summed E-state index contributed by atoms with van der Waals surface area (Å²) in [5, 5.41) is 4.15. The molecule has 17 heavy (non-hydrogen) atoms. The SMILES string of the molecule is CNCCN(C)C(=O)c1ccc2cc[nH]c2c1. The van der Waals surface area contributed by atoms with Crippen LogP contribution in [0, 0.1) is 0 Å². The molecule has 0 saturated carbocycles. The molecule has 0 bridgehead atoms. The topological polar surface area (TPSA) is 48.1 Å². The molecule has 2 aromatic rings. The number of nitrogens with one attached hydrogen (secondary N) is 2. The van der Waals surface area contributed by atoms with Crippen LogP contribution in [0.3, 0.4) is 0 Å². The van der Waals surface area contributed by atoms with E-state index in [-0.39, 0.29) is 5.91 Å². The van der Waals surface area contributed by atoms with Gasteiger partial charge in [0.2, 0.25) is 0 Å². The van der Waals surface area contributed by atoms with E-state index in [2.05, 4.69) is 10.3 Å². The van der Waals surface area contributed by atoms with Gasteiger partial charge in [-0.05, 0) is 30.6 Å². The first-order valence-corrected chi connectivity index (χ1v) is 5.69. The molecule has 0 saturated heterocycles. The lowest BCUT2D eigenvalue weighted by atomic mass is 10.1. The molecule has 1 amide bonds. The molecule has 1 aromatic carbocycles. The second kappa shape index (κ2) is 5.01. The normalized spacial score (nSPS) is 10.7. The third-order valence-electron chi connectivity index (χ3n) is 2.85. The van der Waals surface area contributed by atoms with Crippen LogP contribution in [0.25, 0.3) is 10.9 Å². The number of amides is 1. The number of carbonyl (C=O) groups excluding carboxylic acids is 1. The van der Waals surface area contributed by atoms with E-state index in [0.29, 0.717) is 6.54 Å². The van der Waals surface area contributed by atoms with Gasteiger partial charge >= 0.3 is 0 Å². The molecule has 2 N–H and O–H groups in total. The minimum atomic E-state index is 0.0525. The molecule has 1 heterocycles. The molecule has 0 aliphatic heterocycles. The molecule has 0 aliphatic rings. The third-order valence-corrected chi connectivity index (χ3v) is 2.85. The number of fused-ring (bicyclic) bond motifs is 1. The fourth-order valence-electron chi connectivity index (χ4n) is 1.78. The Morgan fingerprint density at radius 3 is 3.00 bits per heavy atom. The molecule has 0 aliphatic carbocycles. The van der Waals surface area contributed by atoms with Gasteiger partial charge in [-0.25, -0.2) is 0 Å². The van der Waals surface area contributed by atoms with Crippen LogP contribution in [-0.4, -0.2) is 43.0 Å². The second-order valence-electron chi connectivity index (χ2n) is 4.11. The molecule has 4 heteroatoms. The number of aromatic nitrogens is 1. The maximum atomic E-state index is 12.1. The first-order chi connectivity index (χ1) is 8.22. The molecular formula is C13H17N3O. The van der Waals surface area contributed by atoms with Gasteiger partial charge in [0.25, 0.3) is 5.91 Å². The van der Waals surface area contributed by atoms with E-state index in [1.165, 1.54) is 0 Å². The first kappa shape index (κ1) is 11.7. The van der Waals surface area contributed by atoms with Crippen molar-refractivity contribution in [2.24, 2.45) is 0 Å². The number of benzene rings is 1. The van der Waals surface area contributed by atoms with Gasteiger partial charge in [-0.2, -0.15) is 0 Å². The highest BCUT2D eigenvalue weighted by Crippen LogP contribution is 2.15. The number of hydrogen-bond donors (Lipinski definition) is 2. The van der Waals surface area contributed by atoms with Gasteiger partial charge in [0.1, 0.15) is 0 Å². The number of aromatic amines is 1. The summed E-state index contributed by atoms with van der Waals surface area (Å²) in [7, 11) is 3.70. The predicted molar refractivity (Wildman–Crippen MR) is 69.2 cm³/mol. The Hall–Kier alpha value is -1.81. The molecule has 0 atom stereocenters. The number of hydrogen-bond acceptors (Lipinski definition) is 2. The smallest absolute Gasteiger partial charge is 0.253 e. The van der Waals surface area contributed by atoms with Gasteiger partial charge < -0.3 is 15.2 Å². The summed E-state index contributed by atoms with van der Waals surface area (Å²) < 4.78 is 0. The summed E-state index contributed by atoms with van der Waals surface area (Å²) in [5.74, 6) is 0.0525. The summed E-state index contributed by atoms with van der Waals surface area (Å²) in [6.45, 7) is 1.51. The van der Waals surface area contributed by atoms with E-state index >= 15 is 0 Å². The number of rotatable bonds is 4. The summed E-state index contributed by atoms with van der Waals surface area (Å²) >= 11 is 0. The van der Waals surface area contributed by atoms with Crippen LogP contribution < -0.4 is 5.32 Å². The van der Waals surface area contributed by atoms with Gasteiger partial charge in [-0.15, -0.1) is 0 Å². The number of H-pyrrole nitrogens is 1. The van der Waals surface area contributed by atoms with Crippen LogP contribution in [-0.2, 0) is 0 Å². The minimum absolute atomic E-state index is 0.0525. The van der Waals surface area contributed by atoms with Crippen molar-refractivity contribution in [3.05, 3.63) is 36.0 Å². The molecule has 1 aromatic heterocycles. The van der Waals surface area contributed by atoms with Crippen molar-refractivity contribution in [2.45, 2.75) is 0 Å². The van der Waals surface area contributed by atoms with Gasteiger partial charge in [0, 0.05) is 37.4 Å². The highest BCUT2D eigenvalue weighted by atomic mass is 16.2. The van der Waals surface area contributed by atoms with E-state index in [1.807, 2.05) is 44.6 Å². The zero-order valence-corrected chi connectivity index (χ0v) is 10.2. The predicted octanol–water partition coefficient (Wildman–Crippen LogP) is 1.46. The second-order valence-corrected chi connectivity index (χ2v) is 4.11. The Bertz CT molecular complexity index is 518. The van der Waals surface area contributed by atoms with Crippen molar-refractivity contribution >= 4 is 16.8 Å². The Kier molecular flexibility index (Phi) is 3.44. The van der Waals surface area contributed by atoms with Crippen LogP contribution in [0.5, 0.6) is 0 Å². The Balaban J connectivity index is 2.17.